The average Bonchev–Trinajstić information content (AvgIpc) is 3.15. The van der Waals surface area contributed by atoms with E-state index in [2.05, 4.69) is 23.8 Å². The van der Waals surface area contributed by atoms with Gasteiger partial charge in [-0.3, -0.25) is 4.79 Å². The molecule has 1 aliphatic heterocycles. The Kier molecular flexibility index (Phi) is 6.54. The van der Waals surface area contributed by atoms with Crippen molar-refractivity contribution in [3.8, 4) is 17.2 Å². The molecule has 1 aromatic carbocycles. The van der Waals surface area contributed by atoms with E-state index in [4.69, 9.17) is 9.47 Å². The Morgan fingerprint density at radius 3 is 2.52 bits per heavy atom. The van der Waals surface area contributed by atoms with Crippen LogP contribution < -0.4 is 25.9 Å². The van der Waals surface area contributed by atoms with Crippen LogP contribution in [0.25, 0.3) is 12.2 Å². The number of nitrogens with one attached hydrogen (secondary N) is 2. The molecular formula is C25H33N3O5. The molecule has 1 amide bonds. The highest BCUT2D eigenvalue weighted by molar-refractivity contribution is 5.78. The van der Waals surface area contributed by atoms with E-state index >= 15 is 0 Å². The SMILES string of the molecule is COc1cc(O)c(C(CC(=O)N2C[C@H](C)C[C@H](C)C2)C2C=c3[nH]c(=O)[nH]c3=CC2)c(OC)c1. The molecule has 1 aromatic heterocycles. The van der Waals surface area contributed by atoms with Crippen LogP contribution in [-0.2, 0) is 4.79 Å². The summed E-state index contributed by atoms with van der Waals surface area (Å²) >= 11 is 0. The van der Waals surface area contributed by atoms with Gasteiger partial charge < -0.3 is 29.4 Å². The number of H-pyrrole nitrogens is 2. The summed E-state index contributed by atoms with van der Waals surface area (Å²) in [7, 11) is 3.07. The number of piperidine rings is 1. The maximum Gasteiger partial charge on any atom is 0.323 e. The molecule has 4 atom stereocenters. The first kappa shape index (κ1) is 23.0. The fourth-order valence-corrected chi connectivity index (χ4v) is 5.42. The lowest BCUT2D eigenvalue weighted by atomic mass is 9.78. The first-order valence-electron chi connectivity index (χ1n) is 11.5. The zero-order valence-corrected chi connectivity index (χ0v) is 19.7. The van der Waals surface area contributed by atoms with Crippen molar-refractivity contribution >= 4 is 18.1 Å². The van der Waals surface area contributed by atoms with E-state index in [-0.39, 0.29) is 35.6 Å². The summed E-state index contributed by atoms with van der Waals surface area (Å²) in [5.41, 5.74) is 0.322. The zero-order chi connectivity index (χ0) is 23.7. The third-order valence-corrected chi connectivity index (χ3v) is 6.81. The van der Waals surface area contributed by atoms with Crippen molar-refractivity contribution in [2.75, 3.05) is 27.3 Å². The van der Waals surface area contributed by atoms with Gasteiger partial charge in [-0.25, -0.2) is 4.79 Å². The number of aromatic hydroxyl groups is 1. The third kappa shape index (κ3) is 4.79. The van der Waals surface area contributed by atoms with Crippen LogP contribution in [-0.4, -0.2) is 53.2 Å². The van der Waals surface area contributed by atoms with E-state index in [0.717, 1.165) is 24.9 Å². The molecule has 178 valence electrons. The summed E-state index contributed by atoms with van der Waals surface area (Å²) in [4.78, 5) is 32.8. The van der Waals surface area contributed by atoms with Gasteiger partial charge in [0.25, 0.3) is 0 Å². The number of likely N-dealkylation sites (tertiary alicyclic amines) is 1. The number of ether oxygens (including phenoxy) is 2. The van der Waals surface area contributed by atoms with Crippen molar-refractivity contribution in [1.29, 1.82) is 0 Å². The van der Waals surface area contributed by atoms with E-state index in [1.54, 1.807) is 19.2 Å². The molecule has 2 unspecified atom stereocenters. The molecule has 1 saturated heterocycles. The van der Waals surface area contributed by atoms with Crippen LogP contribution in [0, 0.1) is 17.8 Å². The smallest absolute Gasteiger partial charge is 0.323 e. The van der Waals surface area contributed by atoms with E-state index in [1.165, 1.54) is 7.11 Å². The molecule has 8 heteroatoms. The minimum absolute atomic E-state index is 0.0335. The van der Waals surface area contributed by atoms with Crippen molar-refractivity contribution in [1.82, 2.24) is 14.9 Å². The summed E-state index contributed by atoms with van der Waals surface area (Å²) < 4.78 is 10.9. The monoisotopic (exact) mass is 455 g/mol. The highest BCUT2D eigenvalue weighted by Crippen LogP contribution is 2.45. The molecule has 1 aliphatic carbocycles. The number of methoxy groups -OCH3 is 2. The number of imidazole rings is 1. The third-order valence-electron chi connectivity index (χ3n) is 6.81. The minimum atomic E-state index is -0.339. The molecule has 8 nitrogen and oxygen atoms in total. The van der Waals surface area contributed by atoms with Gasteiger partial charge in [0.2, 0.25) is 5.91 Å². The molecule has 2 heterocycles. The summed E-state index contributed by atoms with van der Waals surface area (Å²) in [5, 5.41) is 12.4. The van der Waals surface area contributed by atoms with Crippen LogP contribution >= 0.6 is 0 Å². The molecule has 3 N–H and O–H groups in total. The summed E-state index contributed by atoms with van der Waals surface area (Å²) in [6, 6.07) is 3.28. The van der Waals surface area contributed by atoms with E-state index in [0.29, 0.717) is 40.7 Å². The largest absolute Gasteiger partial charge is 0.507 e. The van der Waals surface area contributed by atoms with Crippen molar-refractivity contribution in [2.45, 2.75) is 39.0 Å². The number of carbonyl (C=O) groups is 1. The molecular weight excluding hydrogens is 422 g/mol. The van der Waals surface area contributed by atoms with Gasteiger partial charge in [0.1, 0.15) is 17.2 Å². The van der Waals surface area contributed by atoms with Crippen molar-refractivity contribution in [3.05, 3.63) is 38.9 Å². The molecule has 0 saturated carbocycles. The van der Waals surface area contributed by atoms with Crippen molar-refractivity contribution < 1.29 is 19.4 Å². The number of phenolic OH excluding ortho intramolecular Hbond substituents is 1. The Labute approximate surface area is 192 Å². The Bertz CT molecular complexity index is 1190. The molecule has 1 fully saturated rings. The Balaban J connectivity index is 1.74. The molecule has 0 radical (unpaired) electrons. The number of rotatable bonds is 6. The fourth-order valence-electron chi connectivity index (χ4n) is 5.42. The molecule has 0 spiro atoms. The van der Waals surface area contributed by atoms with Crippen LogP contribution in [0.15, 0.2) is 16.9 Å². The quantitative estimate of drug-likeness (QED) is 0.614. The van der Waals surface area contributed by atoms with Gasteiger partial charge in [-0.05, 0) is 30.6 Å². The van der Waals surface area contributed by atoms with Crippen molar-refractivity contribution in [3.63, 3.8) is 0 Å². The van der Waals surface area contributed by atoms with Crippen LogP contribution in [0.4, 0.5) is 0 Å². The van der Waals surface area contributed by atoms with Gasteiger partial charge in [0.15, 0.2) is 0 Å². The number of aromatic nitrogens is 2. The normalized spacial score (nSPS) is 23.2. The first-order valence-corrected chi connectivity index (χ1v) is 11.5. The zero-order valence-electron chi connectivity index (χ0n) is 19.7. The van der Waals surface area contributed by atoms with Crippen LogP contribution in [0.1, 0.15) is 44.6 Å². The first-order chi connectivity index (χ1) is 15.8. The predicted molar refractivity (Wildman–Crippen MR) is 126 cm³/mol. The molecule has 0 bridgehead atoms. The number of hydrogen-bond acceptors (Lipinski definition) is 5. The van der Waals surface area contributed by atoms with E-state index in [9.17, 15) is 14.7 Å². The van der Waals surface area contributed by atoms with Gasteiger partial charge >= 0.3 is 5.69 Å². The number of fused-ring (bicyclic) bond motifs is 1. The van der Waals surface area contributed by atoms with Crippen LogP contribution in [0.2, 0.25) is 0 Å². The summed E-state index contributed by atoms with van der Waals surface area (Å²) in [6.45, 7) is 5.85. The standard InChI is InChI=1S/C25H33N3O5/c1-14-7-15(2)13-28(12-14)23(30)11-18(16-5-6-19-20(8-16)27-25(31)26-19)24-21(29)9-17(32-3)10-22(24)33-4/h6,8-10,14-16,18,29H,5,7,11-13H2,1-4H3,(H2,26,27,31)/t14-,15+,16?,18?. The van der Waals surface area contributed by atoms with Crippen LogP contribution in [0.5, 0.6) is 17.2 Å². The average molecular weight is 456 g/mol. The van der Waals surface area contributed by atoms with E-state index < -0.39 is 0 Å². The molecule has 2 aliphatic rings. The number of benzene rings is 1. The lowest BCUT2D eigenvalue weighted by Gasteiger charge is -2.36. The highest BCUT2D eigenvalue weighted by Gasteiger charge is 2.33. The minimum Gasteiger partial charge on any atom is -0.507 e. The fraction of sp³-hybridized carbons (Fsp3) is 0.520. The maximum absolute atomic E-state index is 13.5. The number of hydrogen-bond donors (Lipinski definition) is 3. The number of phenols is 1. The highest BCUT2D eigenvalue weighted by atomic mass is 16.5. The Hall–Kier alpha value is -3.16. The van der Waals surface area contributed by atoms with Gasteiger partial charge in [-0.2, -0.15) is 0 Å². The van der Waals surface area contributed by atoms with Crippen molar-refractivity contribution in [2.24, 2.45) is 17.8 Å². The summed E-state index contributed by atoms with van der Waals surface area (Å²) in [6.07, 6.45) is 5.92. The van der Waals surface area contributed by atoms with E-state index in [1.807, 2.05) is 17.1 Å². The number of aromatic amines is 2. The van der Waals surface area contributed by atoms with Gasteiger partial charge in [-0.15, -0.1) is 0 Å². The second-order valence-corrected chi connectivity index (χ2v) is 9.49. The Morgan fingerprint density at radius 1 is 1.15 bits per heavy atom. The molecule has 2 aromatic rings. The second-order valence-electron chi connectivity index (χ2n) is 9.49. The maximum atomic E-state index is 13.5. The lowest BCUT2D eigenvalue weighted by Crippen LogP contribution is -2.43. The van der Waals surface area contributed by atoms with Gasteiger partial charge in [0.05, 0.1) is 24.9 Å². The Morgan fingerprint density at radius 2 is 1.85 bits per heavy atom. The molecule has 33 heavy (non-hydrogen) atoms. The molecule has 4 rings (SSSR count). The second kappa shape index (κ2) is 9.37. The number of carbonyl (C=O) groups excluding carboxylic acids is 1. The van der Waals surface area contributed by atoms with Gasteiger partial charge in [0, 0.05) is 43.1 Å². The predicted octanol–water partition coefficient (Wildman–Crippen LogP) is 1.69. The summed E-state index contributed by atoms with van der Waals surface area (Å²) in [5.74, 6) is 1.53. The number of nitrogens with zero attached hydrogens (tertiary/aromatic N) is 1. The lowest BCUT2D eigenvalue weighted by molar-refractivity contribution is -0.134. The number of amides is 1. The van der Waals surface area contributed by atoms with Gasteiger partial charge in [-0.1, -0.05) is 26.0 Å². The topological polar surface area (TPSA) is 108 Å². The van der Waals surface area contributed by atoms with Crippen LogP contribution in [0.3, 0.4) is 0 Å².